The third kappa shape index (κ3) is 4.46. The first-order chi connectivity index (χ1) is 12.9. The van der Waals surface area contributed by atoms with E-state index in [4.69, 9.17) is 0 Å². The molecule has 0 fully saturated rings. The number of amides is 2. The summed E-state index contributed by atoms with van der Waals surface area (Å²) >= 11 is 0. The second kappa shape index (κ2) is 7.94. The number of nitrogens with zero attached hydrogens (tertiary/aromatic N) is 2. The number of hydrogen-bond acceptors (Lipinski definition) is 3. The molecule has 0 atom stereocenters. The van der Waals surface area contributed by atoms with Crippen molar-refractivity contribution in [3.05, 3.63) is 65.5 Å². The van der Waals surface area contributed by atoms with Gasteiger partial charge in [0.25, 0.3) is 5.91 Å². The molecule has 140 valence electrons. The quantitative estimate of drug-likeness (QED) is 0.696. The number of benzene rings is 2. The molecular weight excluding hydrogens is 354 g/mol. The van der Waals surface area contributed by atoms with Crippen molar-refractivity contribution in [1.82, 2.24) is 20.2 Å². The van der Waals surface area contributed by atoms with Gasteiger partial charge in [0.1, 0.15) is 17.5 Å². The maximum absolute atomic E-state index is 13.1. The first-order valence-electron chi connectivity index (χ1n) is 8.37. The molecule has 0 saturated heterocycles. The highest BCUT2D eigenvalue weighted by Gasteiger charge is 2.11. The van der Waals surface area contributed by atoms with Gasteiger partial charge in [-0.15, -0.1) is 0 Å². The Morgan fingerprint density at radius 3 is 2.52 bits per heavy atom. The molecule has 1 heterocycles. The first-order valence-corrected chi connectivity index (χ1v) is 8.37. The Kier molecular flexibility index (Phi) is 5.44. The fraction of sp³-hybridized carbons (Fsp3) is 0.211. The normalized spacial score (nSPS) is 10.8. The van der Waals surface area contributed by atoms with Crippen molar-refractivity contribution in [3.8, 4) is 0 Å². The van der Waals surface area contributed by atoms with Crippen molar-refractivity contribution in [1.29, 1.82) is 0 Å². The lowest BCUT2D eigenvalue weighted by molar-refractivity contribution is -0.120. The van der Waals surface area contributed by atoms with Crippen LogP contribution in [-0.4, -0.2) is 34.5 Å². The Bertz CT molecular complexity index is 980. The molecule has 0 aliphatic heterocycles. The summed E-state index contributed by atoms with van der Waals surface area (Å²) in [4.78, 5) is 28.2. The highest BCUT2D eigenvalue weighted by Crippen LogP contribution is 2.14. The number of carbonyl (C=O) groups excluding carboxylic acids is 2. The largest absolute Gasteiger partial charge is 0.353 e. The zero-order valence-corrected chi connectivity index (χ0v) is 14.6. The van der Waals surface area contributed by atoms with Crippen molar-refractivity contribution >= 4 is 22.8 Å². The molecule has 0 spiro atoms. The van der Waals surface area contributed by atoms with Crippen LogP contribution in [0, 0.1) is 18.6 Å². The number of fused-ring (bicyclic) bond motifs is 1. The molecule has 0 unspecified atom stereocenters. The first kappa shape index (κ1) is 18.5. The Hall–Kier alpha value is -3.29. The van der Waals surface area contributed by atoms with E-state index < -0.39 is 23.4 Å². The topological polar surface area (TPSA) is 76.0 Å². The summed E-state index contributed by atoms with van der Waals surface area (Å²) in [6, 6.07) is 10.2. The van der Waals surface area contributed by atoms with Crippen molar-refractivity contribution in [3.63, 3.8) is 0 Å². The Balaban J connectivity index is 1.50. The molecule has 27 heavy (non-hydrogen) atoms. The van der Waals surface area contributed by atoms with E-state index in [1.165, 1.54) is 0 Å². The van der Waals surface area contributed by atoms with E-state index >= 15 is 0 Å². The minimum Gasteiger partial charge on any atom is -0.353 e. The third-order valence-electron chi connectivity index (χ3n) is 4.04. The van der Waals surface area contributed by atoms with Gasteiger partial charge in [-0.1, -0.05) is 12.1 Å². The maximum atomic E-state index is 13.1. The molecule has 2 N–H and O–H groups in total. The second-order valence-electron chi connectivity index (χ2n) is 5.99. The fourth-order valence-corrected chi connectivity index (χ4v) is 2.80. The lowest BCUT2D eigenvalue weighted by Crippen LogP contribution is -2.38. The summed E-state index contributed by atoms with van der Waals surface area (Å²) in [5.41, 5.74) is 1.68. The van der Waals surface area contributed by atoms with Crippen LogP contribution in [0.5, 0.6) is 0 Å². The molecule has 0 saturated carbocycles. The van der Waals surface area contributed by atoms with Crippen LogP contribution in [0.3, 0.4) is 0 Å². The number of halogens is 2. The average Bonchev–Trinajstić information content (AvgIpc) is 2.94. The van der Waals surface area contributed by atoms with Gasteiger partial charge in [0.2, 0.25) is 5.91 Å². The molecule has 8 heteroatoms. The standard InChI is InChI=1S/C19H18F2N4O2/c1-12-24-16-4-2-3-5-17(16)25(12)7-6-22-18(26)11-23-19(27)13-8-14(20)10-15(21)9-13/h2-5,8-10H,6-7,11H2,1H3,(H,22,26)(H,23,27). The van der Waals surface area contributed by atoms with Crippen LogP contribution < -0.4 is 10.6 Å². The van der Waals surface area contributed by atoms with Gasteiger partial charge in [0.15, 0.2) is 0 Å². The molecule has 1 aromatic heterocycles. The smallest absolute Gasteiger partial charge is 0.251 e. The lowest BCUT2D eigenvalue weighted by atomic mass is 10.2. The highest BCUT2D eigenvalue weighted by atomic mass is 19.1. The third-order valence-corrected chi connectivity index (χ3v) is 4.04. The number of hydrogen-bond donors (Lipinski definition) is 2. The van der Waals surface area contributed by atoms with E-state index in [-0.39, 0.29) is 12.1 Å². The zero-order valence-electron chi connectivity index (χ0n) is 14.6. The molecule has 0 radical (unpaired) electrons. The van der Waals surface area contributed by atoms with Gasteiger partial charge in [-0.05, 0) is 31.2 Å². The van der Waals surface area contributed by atoms with E-state index in [2.05, 4.69) is 15.6 Å². The molecule has 2 aromatic carbocycles. The van der Waals surface area contributed by atoms with Crippen LogP contribution in [-0.2, 0) is 11.3 Å². The fourth-order valence-electron chi connectivity index (χ4n) is 2.80. The number of aromatic nitrogens is 2. The van der Waals surface area contributed by atoms with Crippen LogP contribution >= 0.6 is 0 Å². The van der Waals surface area contributed by atoms with Crippen molar-refractivity contribution in [2.75, 3.05) is 13.1 Å². The number of imidazole rings is 1. The van der Waals surface area contributed by atoms with Crippen LogP contribution in [0.2, 0.25) is 0 Å². The van der Waals surface area contributed by atoms with Crippen LogP contribution in [0.4, 0.5) is 8.78 Å². The summed E-state index contributed by atoms with van der Waals surface area (Å²) in [5.74, 6) is -1.99. The van der Waals surface area contributed by atoms with Gasteiger partial charge in [-0.2, -0.15) is 0 Å². The van der Waals surface area contributed by atoms with E-state index in [9.17, 15) is 18.4 Å². The van der Waals surface area contributed by atoms with Crippen LogP contribution in [0.15, 0.2) is 42.5 Å². The highest BCUT2D eigenvalue weighted by molar-refractivity contribution is 5.96. The van der Waals surface area contributed by atoms with Crippen LogP contribution in [0.1, 0.15) is 16.2 Å². The molecule has 2 amide bonds. The van der Waals surface area contributed by atoms with E-state index in [0.29, 0.717) is 19.2 Å². The Morgan fingerprint density at radius 2 is 1.78 bits per heavy atom. The molecule has 3 aromatic rings. The maximum Gasteiger partial charge on any atom is 0.251 e. The van der Waals surface area contributed by atoms with E-state index in [1.54, 1.807) is 0 Å². The minimum atomic E-state index is -0.854. The molecular formula is C19H18F2N4O2. The number of rotatable bonds is 6. The number of nitrogens with one attached hydrogen (secondary N) is 2. The van der Waals surface area contributed by atoms with Gasteiger partial charge in [0.05, 0.1) is 17.6 Å². The Morgan fingerprint density at radius 1 is 1.07 bits per heavy atom. The van der Waals surface area contributed by atoms with Gasteiger partial charge < -0.3 is 15.2 Å². The summed E-state index contributed by atoms with van der Waals surface area (Å²) in [5, 5.41) is 5.03. The van der Waals surface area contributed by atoms with Gasteiger partial charge in [-0.3, -0.25) is 9.59 Å². The molecule has 3 rings (SSSR count). The van der Waals surface area contributed by atoms with Crippen molar-refractivity contribution < 1.29 is 18.4 Å². The predicted octanol–water partition coefficient (Wildman–Crippen LogP) is 2.17. The van der Waals surface area contributed by atoms with E-state index in [0.717, 1.165) is 29.0 Å². The van der Waals surface area contributed by atoms with Gasteiger partial charge in [-0.25, -0.2) is 13.8 Å². The summed E-state index contributed by atoms with van der Waals surface area (Å²) < 4.78 is 28.2. The second-order valence-corrected chi connectivity index (χ2v) is 5.99. The van der Waals surface area contributed by atoms with Gasteiger partial charge >= 0.3 is 0 Å². The summed E-state index contributed by atoms with van der Waals surface area (Å²) in [7, 11) is 0. The SMILES string of the molecule is Cc1nc2ccccc2n1CCNC(=O)CNC(=O)c1cc(F)cc(F)c1. The summed E-state index contributed by atoms with van der Waals surface area (Å²) in [6.45, 7) is 2.48. The van der Waals surface area contributed by atoms with Crippen molar-refractivity contribution in [2.24, 2.45) is 0 Å². The van der Waals surface area contributed by atoms with Crippen LogP contribution in [0.25, 0.3) is 11.0 Å². The predicted molar refractivity (Wildman–Crippen MR) is 96.2 cm³/mol. The number of carbonyl (C=O) groups is 2. The number of aryl methyl sites for hydroxylation is 1. The molecule has 0 bridgehead atoms. The molecule has 0 aliphatic rings. The lowest BCUT2D eigenvalue weighted by Gasteiger charge is -2.09. The Labute approximate surface area is 154 Å². The molecule has 6 nitrogen and oxygen atoms in total. The van der Waals surface area contributed by atoms with Crippen molar-refractivity contribution in [2.45, 2.75) is 13.5 Å². The summed E-state index contributed by atoms with van der Waals surface area (Å²) in [6.07, 6.45) is 0. The zero-order chi connectivity index (χ0) is 19.4. The monoisotopic (exact) mass is 372 g/mol. The number of para-hydroxylation sites is 2. The van der Waals surface area contributed by atoms with E-state index in [1.807, 2.05) is 35.8 Å². The van der Waals surface area contributed by atoms with Gasteiger partial charge in [0, 0.05) is 24.7 Å². The average molecular weight is 372 g/mol. The minimum absolute atomic E-state index is 0.180. The molecule has 0 aliphatic carbocycles.